The van der Waals surface area contributed by atoms with E-state index in [0.717, 1.165) is 21.3 Å². The van der Waals surface area contributed by atoms with E-state index in [1.165, 1.54) is 16.3 Å². The maximum atomic E-state index is 12.3. The fraction of sp³-hybridized carbons (Fsp3) is 0.0588. The first-order valence-electron chi connectivity index (χ1n) is 7.47. The summed E-state index contributed by atoms with van der Waals surface area (Å²) < 4.78 is 2.27. The molecule has 8 heteroatoms. The number of pyridine rings is 1. The van der Waals surface area contributed by atoms with Crippen molar-refractivity contribution in [1.29, 1.82) is 0 Å². The van der Waals surface area contributed by atoms with Crippen molar-refractivity contribution in [2.75, 3.05) is 0 Å². The Balaban J connectivity index is 1.71. The zero-order valence-electron chi connectivity index (χ0n) is 12.9. The molecule has 0 fully saturated rings. The number of hydrogen-bond acceptors (Lipinski definition) is 5. The van der Waals surface area contributed by atoms with Gasteiger partial charge in [0.1, 0.15) is 0 Å². The number of aromatic nitrogens is 5. The molecule has 0 unspecified atom stereocenters. The Morgan fingerprint density at radius 1 is 1.16 bits per heavy atom. The Kier molecular flexibility index (Phi) is 4.37. The van der Waals surface area contributed by atoms with Crippen molar-refractivity contribution in [2.45, 2.75) is 10.9 Å². The molecule has 3 heterocycles. The zero-order valence-corrected chi connectivity index (χ0v) is 15.3. The van der Waals surface area contributed by atoms with Crippen LogP contribution in [0.25, 0.3) is 16.8 Å². The van der Waals surface area contributed by atoms with Gasteiger partial charge in [-0.05, 0) is 29.8 Å². The molecular weight excluding hydrogens is 402 g/mol. The number of hydrogen-bond donors (Lipinski definition) is 1. The van der Waals surface area contributed by atoms with Crippen molar-refractivity contribution >= 4 is 33.3 Å². The summed E-state index contributed by atoms with van der Waals surface area (Å²) in [5.41, 5.74) is 2.93. The monoisotopic (exact) mass is 413 g/mol. The minimum atomic E-state index is -0.308. The van der Waals surface area contributed by atoms with E-state index < -0.39 is 0 Å². The molecule has 0 bridgehead atoms. The Hall–Kier alpha value is -2.45. The van der Waals surface area contributed by atoms with Gasteiger partial charge < -0.3 is 0 Å². The van der Waals surface area contributed by atoms with Gasteiger partial charge in [-0.3, -0.25) is 9.97 Å². The van der Waals surface area contributed by atoms with E-state index in [9.17, 15) is 4.79 Å². The van der Waals surface area contributed by atoms with Gasteiger partial charge in [0.25, 0.3) is 0 Å². The largest absolute Gasteiger partial charge is 0.350 e. The molecule has 1 aromatic carbocycles. The molecule has 0 saturated carbocycles. The molecule has 0 amide bonds. The summed E-state index contributed by atoms with van der Waals surface area (Å²) in [5, 5.41) is 4.70. The highest BCUT2D eigenvalue weighted by Crippen LogP contribution is 2.25. The number of benzene rings is 1. The third kappa shape index (κ3) is 3.35. The topological polar surface area (TPSA) is 75.9 Å². The lowest BCUT2D eigenvalue weighted by Crippen LogP contribution is -2.19. The minimum absolute atomic E-state index is 0.308. The SMILES string of the molecule is O=c1[nH]c(SCc2ccccn2)nc2c(-c3ccc(Br)cc3)cnn12. The predicted molar refractivity (Wildman–Crippen MR) is 101 cm³/mol. The average molecular weight is 414 g/mol. The fourth-order valence-electron chi connectivity index (χ4n) is 2.39. The molecule has 124 valence electrons. The Labute approximate surface area is 155 Å². The molecule has 4 aromatic rings. The van der Waals surface area contributed by atoms with E-state index in [4.69, 9.17) is 0 Å². The number of nitrogens with zero attached hydrogens (tertiary/aromatic N) is 4. The van der Waals surface area contributed by atoms with Gasteiger partial charge in [-0.1, -0.05) is 45.9 Å². The van der Waals surface area contributed by atoms with Crippen LogP contribution >= 0.6 is 27.7 Å². The lowest BCUT2D eigenvalue weighted by molar-refractivity contribution is 0.786. The maximum absolute atomic E-state index is 12.3. The van der Waals surface area contributed by atoms with Gasteiger partial charge in [-0.2, -0.15) is 9.61 Å². The highest BCUT2D eigenvalue weighted by atomic mass is 79.9. The van der Waals surface area contributed by atoms with E-state index in [1.807, 2.05) is 42.5 Å². The molecule has 0 aliphatic heterocycles. The van der Waals surface area contributed by atoms with Crippen molar-refractivity contribution in [2.24, 2.45) is 0 Å². The van der Waals surface area contributed by atoms with E-state index in [2.05, 4.69) is 36.0 Å². The molecule has 0 atom stereocenters. The minimum Gasteiger partial charge on any atom is -0.285 e. The highest BCUT2D eigenvalue weighted by Gasteiger charge is 2.12. The van der Waals surface area contributed by atoms with Gasteiger partial charge in [0.05, 0.1) is 11.9 Å². The molecule has 0 saturated heterocycles. The molecule has 3 aromatic heterocycles. The molecule has 4 rings (SSSR count). The predicted octanol–water partition coefficient (Wildman–Crippen LogP) is 3.53. The van der Waals surface area contributed by atoms with Crippen LogP contribution in [0, 0.1) is 0 Å². The maximum Gasteiger partial charge on any atom is 0.350 e. The molecule has 0 radical (unpaired) electrons. The van der Waals surface area contributed by atoms with Crippen LogP contribution in [0.4, 0.5) is 0 Å². The third-order valence-electron chi connectivity index (χ3n) is 3.60. The summed E-state index contributed by atoms with van der Waals surface area (Å²) in [5.74, 6) is 0.627. The second-order valence-corrected chi connectivity index (χ2v) is 7.14. The Morgan fingerprint density at radius 2 is 2.00 bits per heavy atom. The van der Waals surface area contributed by atoms with Gasteiger partial charge in [-0.15, -0.1) is 0 Å². The first-order valence-corrected chi connectivity index (χ1v) is 9.25. The number of halogens is 1. The molecule has 1 N–H and O–H groups in total. The number of rotatable bonds is 4. The molecule has 0 spiro atoms. The van der Waals surface area contributed by atoms with Crippen LogP contribution in [0.5, 0.6) is 0 Å². The summed E-state index contributed by atoms with van der Waals surface area (Å²) in [6.07, 6.45) is 3.41. The van der Waals surface area contributed by atoms with Crippen molar-refractivity contribution in [1.82, 2.24) is 24.6 Å². The third-order valence-corrected chi connectivity index (χ3v) is 5.03. The van der Waals surface area contributed by atoms with E-state index in [0.29, 0.717) is 16.6 Å². The second kappa shape index (κ2) is 6.81. The quantitative estimate of drug-likeness (QED) is 0.517. The average Bonchev–Trinajstić information content (AvgIpc) is 3.06. The van der Waals surface area contributed by atoms with Crippen LogP contribution in [-0.4, -0.2) is 24.6 Å². The Morgan fingerprint density at radius 3 is 2.76 bits per heavy atom. The number of aromatic amines is 1. The number of H-pyrrole nitrogens is 1. The number of nitrogens with one attached hydrogen (secondary N) is 1. The van der Waals surface area contributed by atoms with Crippen molar-refractivity contribution in [3.8, 4) is 11.1 Å². The molecule has 0 aliphatic rings. The van der Waals surface area contributed by atoms with Gasteiger partial charge in [0.2, 0.25) is 0 Å². The van der Waals surface area contributed by atoms with Gasteiger partial charge >= 0.3 is 5.69 Å². The van der Waals surface area contributed by atoms with Gasteiger partial charge in [0, 0.05) is 22.0 Å². The Bertz CT molecular complexity index is 1080. The normalized spacial score (nSPS) is 11.1. The lowest BCUT2D eigenvalue weighted by atomic mass is 10.1. The summed E-state index contributed by atoms with van der Waals surface area (Å²) >= 11 is 4.86. The fourth-order valence-corrected chi connectivity index (χ4v) is 3.42. The van der Waals surface area contributed by atoms with Crippen LogP contribution in [-0.2, 0) is 5.75 Å². The van der Waals surface area contributed by atoms with E-state index in [-0.39, 0.29) is 5.69 Å². The number of fused-ring (bicyclic) bond motifs is 1. The molecule has 25 heavy (non-hydrogen) atoms. The van der Waals surface area contributed by atoms with Crippen LogP contribution in [0.1, 0.15) is 5.69 Å². The number of thioether (sulfide) groups is 1. The van der Waals surface area contributed by atoms with Gasteiger partial charge in [-0.25, -0.2) is 9.78 Å². The first kappa shape index (κ1) is 16.0. The van der Waals surface area contributed by atoms with Crippen LogP contribution in [0.3, 0.4) is 0 Å². The van der Waals surface area contributed by atoms with Crippen molar-refractivity contribution in [3.05, 3.63) is 75.5 Å². The second-order valence-electron chi connectivity index (χ2n) is 5.26. The van der Waals surface area contributed by atoms with Crippen LogP contribution in [0.15, 0.2) is 69.3 Å². The van der Waals surface area contributed by atoms with Crippen molar-refractivity contribution < 1.29 is 0 Å². The first-order chi connectivity index (χ1) is 12.2. The lowest BCUT2D eigenvalue weighted by Gasteiger charge is -2.03. The van der Waals surface area contributed by atoms with E-state index in [1.54, 1.807) is 12.4 Å². The van der Waals surface area contributed by atoms with E-state index >= 15 is 0 Å². The zero-order chi connectivity index (χ0) is 17.2. The standard InChI is InChI=1S/C17H12BrN5OS/c18-12-6-4-11(5-7-12)14-9-20-23-15(14)21-16(22-17(23)24)25-10-13-3-1-2-8-19-13/h1-9H,10H2,(H,21,22,24). The molecular formula is C17H12BrN5OS. The van der Waals surface area contributed by atoms with Crippen LogP contribution < -0.4 is 5.69 Å². The molecule has 6 nitrogen and oxygen atoms in total. The highest BCUT2D eigenvalue weighted by molar-refractivity contribution is 9.10. The summed E-state index contributed by atoms with van der Waals surface area (Å²) in [4.78, 5) is 23.9. The summed E-state index contributed by atoms with van der Waals surface area (Å²) in [6.45, 7) is 0. The summed E-state index contributed by atoms with van der Waals surface area (Å²) in [6, 6.07) is 13.6. The van der Waals surface area contributed by atoms with Gasteiger partial charge in [0.15, 0.2) is 10.8 Å². The summed E-state index contributed by atoms with van der Waals surface area (Å²) in [7, 11) is 0. The van der Waals surface area contributed by atoms with Crippen LogP contribution in [0.2, 0.25) is 0 Å². The molecule has 0 aliphatic carbocycles. The smallest absolute Gasteiger partial charge is 0.285 e. The van der Waals surface area contributed by atoms with Crippen molar-refractivity contribution in [3.63, 3.8) is 0 Å².